The summed E-state index contributed by atoms with van der Waals surface area (Å²) >= 11 is 0. The standard InChI is InChI=1S/C13H15ClFNO4S/c1-8-5-10(21(14,18)19)6-11(12(8)15)13(17)16-4-3-9(7-16)20-2/h5-6,9H,3-4,7H2,1-2H3. The molecule has 0 saturated carbocycles. The Morgan fingerprint density at radius 3 is 2.67 bits per heavy atom. The number of methoxy groups -OCH3 is 1. The molecule has 116 valence electrons. The average Bonchev–Trinajstić information content (AvgIpc) is 2.88. The van der Waals surface area contributed by atoms with Crippen LogP contribution >= 0.6 is 10.7 Å². The summed E-state index contributed by atoms with van der Waals surface area (Å²) < 4.78 is 42.1. The number of likely N-dealkylation sites (tertiary alicyclic amines) is 1. The molecular weight excluding hydrogens is 321 g/mol. The highest BCUT2D eigenvalue weighted by Crippen LogP contribution is 2.24. The van der Waals surface area contributed by atoms with Crippen LogP contribution in [0, 0.1) is 12.7 Å². The van der Waals surface area contributed by atoms with Crippen LogP contribution in [0.1, 0.15) is 22.3 Å². The Morgan fingerprint density at radius 1 is 1.48 bits per heavy atom. The van der Waals surface area contributed by atoms with E-state index < -0.39 is 20.8 Å². The number of halogens is 2. The fourth-order valence-electron chi connectivity index (χ4n) is 2.31. The number of carbonyl (C=O) groups excluding carboxylic acids is 1. The van der Waals surface area contributed by atoms with Gasteiger partial charge in [0.05, 0.1) is 16.6 Å². The van der Waals surface area contributed by atoms with Gasteiger partial charge in [0, 0.05) is 30.9 Å². The van der Waals surface area contributed by atoms with E-state index in [-0.39, 0.29) is 22.1 Å². The number of ether oxygens (including phenoxy) is 1. The minimum absolute atomic E-state index is 0.0579. The Balaban J connectivity index is 2.39. The van der Waals surface area contributed by atoms with Gasteiger partial charge in [-0.2, -0.15) is 0 Å². The summed E-state index contributed by atoms with van der Waals surface area (Å²) in [6.45, 7) is 2.18. The molecule has 0 bridgehead atoms. The third kappa shape index (κ3) is 3.36. The fourth-order valence-corrected chi connectivity index (χ4v) is 3.15. The molecule has 1 aromatic rings. The van der Waals surface area contributed by atoms with Crippen LogP contribution < -0.4 is 0 Å². The first kappa shape index (κ1) is 16.2. The number of aryl methyl sites for hydroxylation is 1. The molecular formula is C13H15ClFNO4S. The number of amides is 1. The van der Waals surface area contributed by atoms with Gasteiger partial charge in [-0.25, -0.2) is 12.8 Å². The van der Waals surface area contributed by atoms with Crippen LogP contribution in [0.15, 0.2) is 17.0 Å². The molecule has 0 N–H and O–H groups in total. The molecule has 5 nitrogen and oxygen atoms in total. The summed E-state index contributed by atoms with van der Waals surface area (Å²) in [5, 5.41) is 0. The topological polar surface area (TPSA) is 63.7 Å². The largest absolute Gasteiger partial charge is 0.380 e. The van der Waals surface area contributed by atoms with Crippen LogP contribution in [0.2, 0.25) is 0 Å². The molecule has 1 fully saturated rings. The molecule has 0 aromatic heterocycles. The van der Waals surface area contributed by atoms with Gasteiger partial charge in [-0.1, -0.05) is 0 Å². The zero-order valence-corrected chi connectivity index (χ0v) is 13.2. The smallest absolute Gasteiger partial charge is 0.261 e. The lowest BCUT2D eigenvalue weighted by Crippen LogP contribution is -2.31. The molecule has 1 aliphatic heterocycles. The average molecular weight is 336 g/mol. The lowest BCUT2D eigenvalue weighted by atomic mass is 10.1. The molecule has 0 spiro atoms. The van der Waals surface area contributed by atoms with E-state index in [2.05, 4.69) is 0 Å². The van der Waals surface area contributed by atoms with Crippen molar-refractivity contribution >= 4 is 25.6 Å². The SMILES string of the molecule is COC1CCN(C(=O)c2cc(S(=O)(=O)Cl)cc(C)c2F)C1. The molecule has 1 aromatic carbocycles. The number of rotatable bonds is 3. The van der Waals surface area contributed by atoms with Gasteiger partial charge in [0.2, 0.25) is 0 Å². The first-order chi connectivity index (χ1) is 9.74. The Hall–Kier alpha value is -1.18. The van der Waals surface area contributed by atoms with E-state index in [1.807, 2.05) is 0 Å². The van der Waals surface area contributed by atoms with Crippen molar-refractivity contribution in [2.45, 2.75) is 24.3 Å². The van der Waals surface area contributed by atoms with E-state index in [0.717, 1.165) is 12.1 Å². The number of benzene rings is 1. The van der Waals surface area contributed by atoms with Crippen LogP contribution in [0.3, 0.4) is 0 Å². The van der Waals surface area contributed by atoms with Gasteiger partial charge >= 0.3 is 0 Å². The lowest BCUT2D eigenvalue weighted by molar-refractivity contribution is 0.0719. The highest BCUT2D eigenvalue weighted by atomic mass is 35.7. The second-order valence-electron chi connectivity index (χ2n) is 4.94. The van der Waals surface area contributed by atoms with Crippen LogP contribution in [0.5, 0.6) is 0 Å². The van der Waals surface area contributed by atoms with Crippen molar-refractivity contribution in [1.29, 1.82) is 0 Å². The lowest BCUT2D eigenvalue weighted by Gasteiger charge is -2.17. The van der Waals surface area contributed by atoms with E-state index >= 15 is 0 Å². The number of carbonyl (C=O) groups is 1. The summed E-state index contributed by atoms with van der Waals surface area (Å²) in [7, 11) is 2.79. The summed E-state index contributed by atoms with van der Waals surface area (Å²) in [4.78, 5) is 13.5. The monoisotopic (exact) mass is 335 g/mol. The molecule has 8 heteroatoms. The molecule has 1 aliphatic rings. The number of hydrogen-bond donors (Lipinski definition) is 0. The van der Waals surface area contributed by atoms with E-state index in [9.17, 15) is 17.6 Å². The van der Waals surface area contributed by atoms with Crippen molar-refractivity contribution in [3.05, 3.63) is 29.1 Å². The molecule has 1 saturated heterocycles. The van der Waals surface area contributed by atoms with Crippen molar-refractivity contribution in [3.63, 3.8) is 0 Å². The zero-order chi connectivity index (χ0) is 15.8. The fraction of sp³-hybridized carbons (Fsp3) is 0.462. The summed E-state index contributed by atoms with van der Waals surface area (Å²) in [5.74, 6) is -1.29. The maximum absolute atomic E-state index is 14.1. The van der Waals surface area contributed by atoms with Crippen LogP contribution in [-0.4, -0.2) is 45.5 Å². The third-order valence-electron chi connectivity index (χ3n) is 3.51. The number of nitrogens with zero attached hydrogens (tertiary/aromatic N) is 1. The third-order valence-corrected chi connectivity index (χ3v) is 4.84. The van der Waals surface area contributed by atoms with Gasteiger partial charge in [-0.15, -0.1) is 0 Å². The van der Waals surface area contributed by atoms with Crippen LogP contribution in [0.4, 0.5) is 4.39 Å². The Kier molecular flexibility index (Phi) is 4.55. The second-order valence-corrected chi connectivity index (χ2v) is 7.50. The van der Waals surface area contributed by atoms with Gasteiger partial charge < -0.3 is 9.64 Å². The Labute approximate surface area is 127 Å². The number of hydrogen-bond acceptors (Lipinski definition) is 4. The molecule has 0 aliphatic carbocycles. The minimum atomic E-state index is -4.03. The highest BCUT2D eigenvalue weighted by molar-refractivity contribution is 8.13. The van der Waals surface area contributed by atoms with E-state index in [1.165, 1.54) is 11.8 Å². The van der Waals surface area contributed by atoms with Crippen molar-refractivity contribution in [2.75, 3.05) is 20.2 Å². The summed E-state index contributed by atoms with van der Waals surface area (Å²) in [5.41, 5.74) is -0.228. The van der Waals surface area contributed by atoms with E-state index in [0.29, 0.717) is 19.5 Å². The molecule has 1 unspecified atom stereocenters. The zero-order valence-electron chi connectivity index (χ0n) is 11.6. The van der Waals surface area contributed by atoms with Crippen LogP contribution in [-0.2, 0) is 13.8 Å². The van der Waals surface area contributed by atoms with Crippen LogP contribution in [0.25, 0.3) is 0 Å². The summed E-state index contributed by atoms with van der Waals surface area (Å²) in [6, 6.07) is 2.09. The van der Waals surface area contributed by atoms with Gasteiger partial charge in [0.15, 0.2) is 0 Å². The van der Waals surface area contributed by atoms with Crippen molar-refractivity contribution in [1.82, 2.24) is 4.90 Å². The van der Waals surface area contributed by atoms with Crippen molar-refractivity contribution < 1.29 is 22.3 Å². The summed E-state index contributed by atoms with van der Waals surface area (Å²) in [6.07, 6.45) is 0.578. The van der Waals surface area contributed by atoms with Gasteiger partial charge in [0.1, 0.15) is 5.82 Å². The van der Waals surface area contributed by atoms with E-state index in [1.54, 1.807) is 7.11 Å². The molecule has 2 rings (SSSR count). The molecule has 1 amide bonds. The first-order valence-corrected chi connectivity index (χ1v) is 8.62. The first-order valence-electron chi connectivity index (χ1n) is 6.31. The quantitative estimate of drug-likeness (QED) is 0.792. The van der Waals surface area contributed by atoms with Gasteiger partial charge in [-0.3, -0.25) is 4.79 Å². The Bertz CT molecular complexity index is 677. The van der Waals surface area contributed by atoms with Crippen molar-refractivity contribution in [2.24, 2.45) is 0 Å². The van der Waals surface area contributed by atoms with Gasteiger partial charge in [0.25, 0.3) is 15.0 Å². The molecule has 0 radical (unpaired) electrons. The second kappa shape index (κ2) is 5.90. The normalized spacial score (nSPS) is 19.0. The highest BCUT2D eigenvalue weighted by Gasteiger charge is 2.29. The Morgan fingerprint density at radius 2 is 2.14 bits per heavy atom. The van der Waals surface area contributed by atoms with Crippen molar-refractivity contribution in [3.8, 4) is 0 Å². The van der Waals surface area contributed by atoms with E-state index in [4.69, 9.17) is 15.4 Å². The maximum atomic E-state index is 14.1. The van der Waals surface area contributed by atoms with Gasteiger partial charge in [-0.05, 0) is 31.0 Å². The molecule has 1 heterocycles. The minimum Gasteiger partial charge on any atom is -0.380 e. The molecule has 1 atom stereocenters. The predicted molar refractivity (Wildman–Crippen MR) is 75.5 cm³/mol. The maximum Gasteiger partial charge on any atom is 0.261 e. The predicted octanol–water partition coefficient (Wildman–Crippen LogP) is 1.92. The molecule has 21 heavy (non-hydrogen) atoms.